The molecule has 3 nitrogen and oxygen atoms in total. The molecule has 0 saturated carbocycles. The van der Waals surface area contributed by atoms with Gasteiger partial charge in [-0.25, -0.2) is 4.98 Å². The highest BCUT2D eigenvalue weighted by Crippen LogP contribution is 2.26. The molecule has 2 aromatic carbocycles. The van der Waals surface area contributed by atoms with Crippen molar-refractivity contribution in [3.63, 3.8) is 0 Å². The van der Waals surface area contributed by atoms with Gasteiger partial charge in [-0.05, 0) is 24.5 Å². The first-order valence-corrected chi connectivity index (χ1v) is 8.62. The van der Waals surface area contributed by atoms with Crippen molar-refractivity contribution >= 4 is 16.8 Å². The molecule has 3 rings (SSSR count). The van der Waals surface area contributed by atoms with Gasteiger partial charge in [0.05, 0.1) is 16.8 Å². The van der Waals surface area contributed by atoms with Crippen LogP contribution in [0.3, 0.4) is 0 Å². The number of carbonyl (C=O) groups excluding carboxylic acids is 1. The maximum absolute atomic E-state index is 13.0. The van der Waals surface area contributed by atoms with Gasteiger partial charge in [0, 0.05) is 17.0 Å². The lowest BCUT2D eigenvalue weighted by Gasteiger charge is -2.28. The summed E-state index contributed by atoms with van der Waals surface area (Å²) in [5.41, 5.74) is 3.32. The molecule has 1 aromatic heterocycles. The van der Waals surface area contributed by atoms with Crippen LogP contribution in [0, 0.1) is 5.41 Å². The van der Waals surface area contributed by atoms with Gasteiger partial charge in [-0.15, -0.1) is 0 Å². The molecule has 3 heteroatoms. The molecule has 1 amide bonds. The monoisotopic (exact) mass is 332 g/mol. The smallest absolute Gasteiger partial charge is 0.252 e. The molecular formula is C22H24N2O. The first kappa shape index (κ1) is 17.2. The van der Waals surface area contributed by atoms with E-state index in [9.17, 15) is 4.79 Å². The molecule has 0 aliphatic carbocycles. The Morgan fingerprint density at radius 1 is 1.00 bits per heavy atom. The summed E-state index contributed by atoms with van der Waals surface area (Å²) in [6, 6.07) is 19.7. The fourth-order valence-electron chi connectivity index (χ4n) is 2.61. The van der Waals surface area contributed by atoms with Crippen LogP contribution in [0.15, 0.2) is 60.7 Å². The Hall–Kier alpha value is -2.68. The summed E-state index contributed by atoms with van der Waals surface area (Å²) in [4.78, 5) is 17.7. The summed E-state index contributed by atoms with van der Waals surface area (Å²) in [5, 5.41) is 4.02. The molecule has 0 saturated heterocycles. The number of amides is 1. The normalized spacial score (nSPS) is 12.8. The molecule has 3 aromatic rings. The third-order valence-electron chi connectivity index (χ3n) is 4.68. The van der Waals surface area contributed by atoms with Crippen molar-refractivity contribution in [2.24, 2.45) is 5.41 Å². The van der Waals surface area contributed by atoms with Crippen molar-refractivity contribution in [1.82, 2.24) is 10.3 Å². The predicted molar refractivity (Wildman–Crippen MR) is 104 cm³/mol. The Morgan fingerprint density at radius 2 is 1.64 bits per heavy atom. The summed E-state index contributed by atoms with van der Waals surface area (Å²) in [6.45, 7) is 8.41. The minimum atomic E-state index is -0.0572. The number of para-hydroxylation sites is 1. The van der Waals surface area contributed by atoms with Gasteiger partial charge in [0.25, 0.3) is 5.91 Å². The Balaban J connectivity index is 2.08. The highest BCUT2D eigenvalue weighted by atomic mass is 16.1. The lowest BCUT2D eigenvalue weighted by molar-refractivity contribution is 0.0912. The van der Waals surface area contributed by atoms with Crippen molar-refractivity contribution in [3.8, 4) is 11.3 Å². The Kier molecular flexibility index (Phi) is 4.58. The van der Waals surface area contributed by atoms with E-state index in [4.69, 9.17) is 4.98 Å². The lowest BCUT2D eigenvalue weighted by Crippen LogP contribution is -2.41. The second-order valence-corrected chi connectivity index (χ2v) is 7.50. The second kappa shape index (κ2) is 6.67. The molecule has 25 heavy (non-hydrogen) atoms. The minimum absolute atomic E-state index is 0.000748. The zero-order valence-corrected chi connectivity index (χ0v) is 15.2. The Morgan fingerprint density at radius 3 is 2.32 bits per heavy atom. The molecule has 1 atom stereocenters. The summed E-state index contributed by atoms with van der Waals surface area (Å²) >= 11 is 0. The van der Waals surface area contributed by atoms with Gasteiger partial charge in [0.15, 0.2) is 0 Å². The number of aromatic nitrogens is 1. The molecule has 0 fully saturated rings. The van der Waals surface area contributed by atoms with Crippen LogP contribution in [0.4, 0.5) is 0 Å². The third-order valence-corrected chi connectivity index (χ3v) is 4.68. The quantitative estimate of drug-likeness (QED) is 0.728. The molecular weight excluding hydrogens is 308 g/mol. The van der Waals surface area contributed by atoms with Crippen molar-refractivity contribution in [1.29, 1.82) is 0 Å². The van der Waals surface area contributed by atoms with Gasteiger partial charge in [-0.1, -0.05) is 69.3 Å². The number of benzene rings is 2. The molecule has 1 heterocycles. The summed E-state index contributed by atoms with van der Waals surface area (Å²) in [5.74, 6) is -0.0572. The average molecular weight is 332 g/mol. The number of nitrogens with one attached hydrogen (secondary N) is 1. The first-order chi connectivity index (χ1) is 11.9. The Labute approximate surface area is 149 Å². The lowest BCUT2D eigenvalue weighted by atomic mass is 9.88. The molecule has 0 spiro atoms. The van der Waals surface area contributed by atoms with Gasteiger partial charge < -0.3 is 5.32 Å². The zero-order chi connectivity index (χ0) is 18.0. The Bertz CT molecular complexity index is 895. The SMILES string of the molecule is C[C@H](NC(=O)c1cc(-c2ccccc2)nc2ccccc12)C(C)(C)C. The fraction of sp³-hybridized carbons (Fsp3) is 0.273. The average Bonchev–Trinajstić information content (AvgIpc) is 2.60. The van der Waals surface area contributed by atoms with Crippen LogP contribution in [0.25, 0.3) is 22.2 Å². The van der Waals surface area contributed by atoms with Crippen LogP contribution in [-0.4, -0.2) is 16.9 Å². The number of rotatable bonds is 3. The standard InChI is InChI=1S/C22H24N2O/c1-15(22(2,3)4)23-21(25)18-14-20(16-10-6-5-7-11-16)24-19-13-9-8-12-17(18)19/h5-15H,1-4H3,(H,23,25)/t15-/m0/s1. The van der Waals surface area contributed by atoms with E-state index in [1.165, 1.54) is 0 Å². The van der Waals surface area contributed by atoms with Crippen LogP contribution >= 0.6 is 0 Å². The second-order valence-electron chi connectivity index (χ2n) is 7.50. The van der Waals surface area contributed by atoms with E-state index < -0.39 is 0 Å². The van der Waals surface area contributed by atoms with E-state index in [0.717, 1.165) is 22.2 Å². The van der Waals surface area contributed by atoms with Crippen LogP contribution in [0.1, 0.15) is 38.1 Å². The third kappa shape index (κ3) is 3.71. The van der Waals surface area contributed by atoms with E-state index in [1.54, 1.807) is 0 Å². The van der Waals surface area contributed by atoms with E-state index in [-0.39, 0.29) is 17.4 Å². The highest BCUT2D eigenvalue weighted by Gasteiger charge is 2.23. The van der Waals surface area contributed by atoms with E-state index in [1.807, 2.05) is 67.6 Å². The summed E-state index contributed by atoms with van der Waals surface area (Å²) in [7, 11) is 0. The molecule has 128 valence electrons. The van der Waals surface area contributed by atoms with Gasteiger partial charge in [-0.3, -0.25) is 4.79 Å². The molecule has 0 radical (unpaired) electrons. The molecule has 0 bridgehead atoms. The van der Waals surface area contributed by atoms with Crippen LogP contribution in [0.5, 0.6) is 0 Å². The predicted octanol–water partition coefficient (Wildman–Crippen LogP) is 5.07. The van der Waals surface area contributed by atoms with Gasteiger partial charge in [0.2, 0.25) is 0 Å². The summed E-state index contributed by atoms with van der Waals surface area (Å²) < 4.78 is 0. The minimum Gasteiger partial charge on any atom is -0.349 e. The highest BCUT2D eigenvalue weighted by molar-refractivity contribution is 6.07. The van der Waals surface area contributed by atoms with Crippen molar-refractivity contribution in [3.05, 3.63) is 66.2 Å². The zero-order valence-electron chi connectivity index (χ0n) is 15.2. The summed E-state index contributed by atoms with van der Waals surface area (Å²) in [6.07, 6.45) is 0. The van der Waals surface area contributed by atoms with Crippen molar-refractivity contribution in [2.45, 2.75) is 33.7 Å². The van der Waals surface area contributed by atoms with Crippen LogP contribution in [0.2, 0.25) is 0 Å². The molecule has 0 unspecified atom stereocenters. The molecule has 1 N–H and O–H groups in total. The van der Waals surface area contributed by atoms with E-state index >= 15 is 0 Å². The van der Waals surface area contributed by atoms with Gasteiger partial charge in [-0.2, -0.15) is 0 Å². The van der Waals surface area contributed by atoms with E-state index in [2.05, 4.69) is 26.1 Å². The van der Waals surface area contributed by atoms with Crippen LogP contribution in [-0.2, 0) is 0 Å². The van der Waals surface area contributed by atoms with Crippen LogP contribution < -0.4 is 5.32 Å². The number of carbonyl (C=O) groups is 1. The molecule has 0 aliphatic heterocycles. The number of hydrogen-bond donors (Lipinski definition) is 1. The molecule has 0 aliphatic rings. The first-order valence-electron chi connectivity index (χ1n) is 8.62. The van der Waals surface area contributed by atoms with Gasteiger partial charge in [0.1, 0.15) is 0 Å². The maximum atomic E-state index is 13.0. The van der Waals surface area contributed by atoms with Gasteiger partial charge >= 0.3 is 0 Å². The van der Waals surface area contributed by atoms with E-state index in [0.29, 0.717) is 5.56 Å². The number of nitrogens with zero attached hydrogens (tertiary/aromatic N) is 1. The number of pyridine rings is 1. The topological polar surface area (TPSA) is 42.0 Å². The largest absolute Gasteiger partial charge is 0.349 e. The number of fused-ring (bicyclic) bond motifs is 1. The maximum Gasteiger partial charge on any atom is 0.252 e. The number of hydrogen-bond acceptors (Lipinski definition) is 2. The van der Waals surface area contributed by atoms with Crippen molar-refractivity contribution < 1.29 is 4.79 Å². The fourth-order valence-corrected chi connectivity index (χ4v) is 2.61. The van der Waals surface area contributed by atoms with Crippen molar-refractivity contribution in [2.75, 3.05) is 0 Å².